The summed E-state index contributed by atoms with van der Waals surface area (Å²) in [6.45, 7) is 7.79. The largest absolute Gasteiger partial charge is 0.498 e. The van der Waals surface area contributed by atoms with Crippen molar-refractivity contribution in [2.75, 3.05) is 0 Å². The zero-order valence-corrected chi connectivity index (χ0v) is 11.4. The maximum absolute atomic E-state index is 13.6. The molecule has 0 amide bonds. The number of fused-ring (bicyclic) bond motifs is 1. The van der Waals surface area contributed by atoms with Gasteiger partial charge in [0.05, 0.1) is 11.2 Å². The summed E-state index contributed by atoms with van der Waals surface area (Å²) in [6.07, 6.45) is 1.29. The number of hydrogen-bond donors (Lipinski definition) is 0. The van der Waals surface area contributed by atoms with Crippen molar-refractivity contribution in [2.24, 2.45) is 0 Å². The summed E-state index contributed by atoms with van der Waals surface area (Å²) in [5.41, 5.74) is 0.544. The molecule has 3 rings (SSSR count). The van der Waals surface area contributed by atoms with E-state index in [0.717, 1.165) is 0 Å². The molecule has 0 radical (unpaired) electrons. The zero-order chi connectivity index (χ0) is 13.8. The summed E-state index contributed by atoms with van der Waals surface area (Å²) in [7, 11) is -0.656. The second kappa shape index (κ2) is 3.80. The van der Waals surface area contributed by atoms with Gasteiger partial charge in [0.2, 0.25) is 0 Å². The maximum Gasteiger partial charge on any atom is 0.498 e. The van der Waals surface area contributed by atoms with E-state index < -0.39 is 18.3 Å². The Morgan fingerprint density at radius 2 is 1.74 bits per heavy atom. The van der Waals surface area contributed by atoms with Crippen LogP contribution in [0.25, 0.3) is 11.1 Å². The molecule has 19 heavy (non-hydrogen) atoms. The van der Waals surface area contributed by atoms with Crippen LogP contribution in [0.2, 0.25) is 0 Å². The summed E-state index contributed by atoms with van der Waals surface area (Å²) in [4.78, 5) is 3.97. The Balaban J connectivity index is 2.09. The molecule has 2 aromatic rings. The summed E-state index contributed by atoms with van der Waals surface area (Å²) in [5, 5.41) is 0. The van der Waals surface area contributed by atoms with Crippen molar-refractivity contribution in [3.05, 3.63) is 24.3 Å². The van der Waals surface area contributed by atoms with Crippen LogP contribution in [-0.2, 0) is 9.31 Å². The third-order valence-electron chi connectivity index (χ3n) is 3.93. The Morgan fingerprint density at radius 3 is 2.37 bits per heavy atom. The van der Waals surface area contributed by atoms with Crippen molar-refractivity contribution in [3.8, 4) is 0 Å². The van der Waals surface area contributed by atoms with Gasteiger partial charge in [-0.1, -0.05) is 0 Å². The first kappa shape index (κ1) is 12.6. The quantitative estimate of drug-likeness (QED) is 0.740. The van der Waals surface area contributed by atoms with Crippen molar-refractivity contribution in [1.29, 1.82) is 0 Å². The molecule has 1 aromatic carbocycles. The van der Waals surface area contributed by atoms with E-state index in [1.54, 1.807) is 0 Å². The number of nitrogens with zero attached hydrogens (tertiary/aromatic N) is 1. The van der Waals surface area contributed by atoms with E-state index in [1.165, 1.54) is 18.5 Å². The lowest BCUT2D eigenvalue weighted by atomic mass is 9.78. The van der Waals surface area contributed by atoms with Gasteiger partial charge >= 0.3 is 7.12 Å². The molecule has 0 N–H and O–H groups in total. The van der Waals surface area contributed by atoms with Crippen molar-refractivity contribution < 1.29 is 18.1 Å². The normalized spacial score (nSPS) is 21.2. The van der Waals surface area contributed by atoms with E-state index >= 15 is 0 Å². The van der Waals surface area contributed by atoms with Gasteiger partial charge in [0.15, 0.2) is 12.0 Å². The third-order valence-corrected chi connectivity index (χ3v) is 3.93. The fourth-order valence-electron chi connectivity index (χ4n) is 2.11. The molecule has 0 atom stereocenters. The molecule has 1 fully saturated rings. The van der Waals surface area contributed by atoms with Gasteiger partial charge in [0.25, 0.3) is 0 Å². The van der Waals surface area contributed by atoms with Crippen LogP contribution in [0.4, 0.5) is 4.39 Å². The first-order valence-corrected chi connectivity index (χ1v) is 6.18. The topological polar surface area (TPSA) is 44.5 Å². The molecule has 0 unspecified atom stereocenters. The third kappa shape index (κ3) is 1.86. The average molecular weight is 263 g/mol. The molecule has 0 aliphatic carbocycles. The van der Waals surface area contributed by atoms with Gasteiger partial charge in [-0.3, -0.25) is 0 Å². The molecule has 1 saturated heterocycles. The highest BCUT2D eigenvalue weighted by Gasteiger charge is 2.52. The molecule has 1 aliphatic heterocycles. The van der Waals surface area contributed by atoms with Gasteiger partial charge < -0.3 is 13.7 Å². The van der Waals surface area contributed by atoms with E-state index in [1.807, 2.05) is 27.7 Å². The SMILES string of the molecule is CC1(C)OB(c2cc(F)cc3ncoc23)OC1(C)C. The molecule has 0 bridgehead atoms. The Bertz CT molecular complexity index is 622. The van der Waals surface area contributed by atoms with Crippen molar-refractivity contribution in [3.63, 3.8) is 0 Å². The Morgan fingerprint density at radius 1 is 1.11 bits per heavy atom. The van der Waals surface area contributed by atoms with Crippen LogP contribution in [-0.4, -0.2) is 23.3 Å². The highest BCUT2D eigenvalue weighted by molar-refractivity contribution is 6.64. The summed E-state index contributed by atoms with van der Waals surface area (Å²) in [5.74, 6) is -0.383. The van der Waals surface area contributed by atoms with Crippen molar-refractivity contribution >= 4 is 23.7 Å². The van der Waals surface area contributed by atoms with Crippen molar-refractivity contribution in [2.45, 2.75) is 38.9 Å². The van der Waals surface area contributed by atoms with E-state index in [9.17, 15) is 4.39 Å². The van der Waals surface area contributed by atoms with E-state index in [2.05, 4.69) is 4.98 Å². The van der Waals surface area contributed by atoms with Crippen molar-refractivity contribution in [1.82, 2.24) is 4.98 Å². The molecule has 100 valence electrons. The Kier molecular flexibility index (Phi) is 2.53. The molecule has 1 aliphatic rings. The highest BCUT2D eigenvalue weighted by Crippen LogP contribution is 2.37. The molecule has 1 aromatic heterocycles. The van der Waals surface area contributed by atoms with Crippen LogP contribution >= 0.6 is 0 Å². The number of rotatable bonds is 1. The van der Waals surface area contributed by atoms with E-state index in [4.69, 9.17) is 13.7 Å². The number of hydrogen-bond acceptors (Lipinski definition) is 4. The van der Waals surface area contributed by atoms with Gasteiger partial charge in [0.1, 0.15) is 11.3 Å². The highest BCUT2D eigenvalue weighted by atomic mass is 19.1. The van der Waals surface area contributed by atoms with Gasteiger partial charge in [-0.2, -0.15) is 0 Å². The lowest BCUT2D eigenvalue weighted by Crippen LogP contribution is -2.41. The monoisotopic (exact) mass is 263 g/mol. The fraction of sp³-hybridized carbons (Fsp3) is 0.462. The molecule has 4 nitrogen and oxygen atoms in total. The molecule has 0 spiro atoms. The first-order valence-electron chi connectivity index (χ1n) is 6.18. The van der Waals surface area contributed by atoms with Gasteiger partial charge in [0, 0.05) is 11.5 Å². The smallest absolute Gasteiger partial charge is 0.444 e. The summed E-state index contributed by atoms with van der Waals surface area (Å²) >= 11 is 0. The molecule has 6 heteroatoms. The molecular weight excluding hydrogens is 248 g/mol. The molecule has 2 heterocycles. The van der Waals surface area contributed by atoms with Crippen LogP contribution in [0.5, 0.6) is 0 Å². The zero-order valence-electron chi connectivity index (χ0n) is 11.4. The van der Waals surface area contributed by atoms with Gasteiger partial charge in [-0.05, 0) is 33.8 Å². The second-order valence-corrected chi connectivity index (χ2v) is 5.78. The number of benzene rings is 1. The average Bonchev–Trinajstić information content (AvgIpc) is 2.80. The Labute approximate surface area is 111 Å². The first-order chi connectivity index (χ1) is 8.80. The maximum atomic E-state index is 13.6. The predicted molar refractivity (Wildman–Crippen MR) is 69.7 cm³/mol. The van der Waals surface area contributed by atoms with Crippen LogP contribution < -0.4 is 5.46 Å². The minimum absolute atomic E-state index is 0.383. The Hall–Kier alpha value is -1.40. The standard InChI is InChI=1S/C13H15BFNO3/c1-12(2)13(3,4)19-14(18-12)9-5-8(15)6-10-11(9)17-7-16-10/h5-7H,1-4H3. The van der Waals surface area contributed by atoms with Crippen LogP contribution in [0.15, 0.2) is 22.9 Å². The lowest BCUT2D eigenvalue weighted by Gasteiger charge is -2.32. The predicted octanol–water partition coefficient (Wildman–Crippen LogP) is 2.27. The fourth-order valence-corrected chi connectivity index (χ4v) is 2.11. The number of oxazole rings is 1. The van der Waals surface area contributed by atoms with Crippen LogP contribution in [0, 0.1) is 5.82 Å². The minimum atomic E-state index is -0.656. The second-order valence-electron chi connectivity index (χ2n) is 5.78. The van der Waals surface area contributed by atoms with Crippen LogP contribution in [0.1, 0.15) is 27.7 Å². The van der Waals surface area contributed by atoms with E-state index in [0.29, 0.717) is 16.6 Å². The van der Waals surface area contributed by atoms with Gasteiger partial charge in [-0.15, -0.1) is 0 Å². The molecule has 0 saturated carbocycles. The number of aromatic nitrogens is 1. The van der Waals surface area contributed by atoms with Gasteiger partial charge in [-0.25, -0.2) is 9.37 Å². The summed E-state index contributed by atoms with van der Waals surface area (Å²) < 4.78 is 30.7. The summed E-state index contributed by atoms with van der Waals surface area (Å²) in [6, 6.07) is 2.70. The lowest BCUT2D eigenvalue weighted by molar-refractivity contribution is 0.00578. The minimum Gasteiger partial charge on any atom is -0.444 e. The van der Waals surface area contributed by atoms with Crippen LogP contribution in [0.3, 0.4) is 0 Å². The van der Waals surface area contributed by atoms with E-state index in [-0.39, 0.29) is 5.82 Å². The molecular formula is C13H15BFNO3. The number of halogens is 1.